The third kappa shape index (κ3) is 9.73. The number of nitrogens with zero attached hydrogens (tertiary/aromatic N) is 3. The molecule has 2 heterocycles. The van der Waals surface area contributed by atoms with Crippen LogP contribution < -0.4 is 5.32 Å². The van der Waals surface area contributed by atoms with Crippen LogP contribution in [0.2, 0.25) is 0 Å². The van der Waals surface area contributed by atoms with E-state index in [9.17, 15) is 24.0 Å². The number of morpholine rings is 1. The molecule has 2 aliphatic heterocycles. The molecule has 12 heteroatoms. The zero-order chi connectivity index (χ0) is 29.9. The van der Waals surface area contributed by atoms with Gasteiger partial charge in [0.05, 0.1) is 30.8 Å². The molecule has 0 aromatic heterocycles. The van der Waals surface area contributed by atoms with Gasteiger partial charge in [-0.2, -0.15) is 5.26 Å². The molecule has 1 aromatic carbocycles. The minimum Gasteiger partial charge on any atom is -0.447 e. The van der Waals surface area contributed by atoms with Crippen LogP contribution >= 0.6 is 0 Å². The molecular weight excluding hydrogens is 518 g/mol. The molecule has 0 spiro atoms. The summed E-state index contributed by atoms with van der Waals surface area (Å²) in [5.41, 5.74) is 0.239. The highest BCUT2D eigenvalue weighted by atomic mass is 19.1. The van der Waals surface area contributed by atoms with Crippen LogP contribution in [-0.2, 0) is 20.7 Å². The van der Waals surface area contributed by atoms with Crippen molar-refractivity contribution in [2.24, 2.45) is 5.92 Å². The Labute approximate surface area is 237 Å². The lowest BCUT2D eigenvalue weighted by Gasteiger charge is -2.40. The van der Waals surface area contributed by atoms with E-state index in [0.29, 0.717) is 24.1 Å². The van der Waals surface area contributed by atoms with E-state index in [4.69, 9.17) is 14.7 Å². The van der Waals surface area contributed by atoms with Gasteiger partial charge >= 0.3 is 13.2 Å². The van der Waals surface area contributed by atoms with Gasteiger partial charge < -0.3 is 29.7 Å². The Morgan fingerprint density at radius 1 is 1.25 bits per heavy atom. The second kappa shape index (κ2) is 15.3. The lowest BCUT2D eigenvalue weighted by Crippen LogP contribution is -2.52. The molecule has 2 saturated heterocycles. The number of nitriles is 1. The lowest BCUT2D eigenvalue weighted by atomic mass is 9.76. The molecule has 2 aliphatic rings. The van der Waals surface area contributed by atoms with E-state index in [1.807, 2.05) is 6.07 Å². The summed E-state index contributed by atoms with van der Waals surface area (Å²) in [7, 11) is -1.84. The van der Waals surface area contributed by atoms with E-state index >= 15 is 0 Å². The van der Waals surface area contributed by atoms with Crippen LogP contribution in [0.1, 0.15) is 59.4 Å². The number of likely N-dealkylation sites (tertiary alicyclic amines) is 1. The minimum absolute atomic E-state index is 0.0641. The van der Waals surface area contributed by atoms with Gasteiger partial charge in [-0.3, -0.25) is 9.69 Å². The van der Waals surface area contributed by atoms with Crippen LogP contribution in [0.25, 0.3) is 0 Å². The van der Waals surface area contributed by atoms with Gasteiger partial charge in [-0.05, 0) is 71.1 Å². The Morgan fingerprint density at radius 2 is 1.88 bits per heavy atom. The molecule has 3 atom stereocenters. The SMILES string of the molecule is CC(C#N)C(=O)N1CCC[C@]1(C)COC(=O)N[C@@H](Cc1ccc(F)cc1)B(O)O.CCC(C)(C)N1CCOCC1. The summed E-state index contributed by atoms with van der Waals surface area (Å²) < 4.78 is 23.6. The van der Waals surface area contributed by atoms with Crippen molar-refractivity contribution in [1.82, 2.24) is 15.1 Å². The maximum atomic E-state index is 13.0. The first-order chi connectivity index (χ1) is 18.8. The highest BCUT2D eigenvalue weighted by Crippen LogP contribution is 2.30. The van der Waals surface area contributed by atoms with Crippen molar-refractivity contribution < 1.29 is 33.5 Å². The van der Waals surface area contributed by atoms with Crippen molar-refractivity contribution in [2.75, 3.05) is 39.5 Å². The van der Waals surface area contributed by atoms with Gasteiger partial charge in [-0.25, -0.2) is 9.18 Å². The van der Waals surface area contributed by atoms with Crippen molar-refractivity contribution in [2.45, 2.75) is 77.3 Å². The molecule has 2 amide bonds. The first-order valence-electron chi connectivity index (χ1n) is 13.9. The van der Waals surface area contributed by atoms with E-state index in [1.165, 1.54) is 37.6 Å². The first kappa shape index (κ1) is 33.5. The van der Waals surface area contributed by atoms with Crippen molar-refractivity contribution in [3.63, 3.8) is 0 Å². The van der Waals surface area contributed by atoms with Gasteiger partial charge in [0, 0.05) is 25.2 Å². The van der Waals surface area contributed by atoms with Crippen LogP contribution in [0.5, 0.6) is 0 Å². The van der Waals surface area contributed by atoms with Crippen LogP contribution in [0, 0.1) is 23.1 Å². The van der Waals surface area contributed by atoms with Gasteiger partial charge in [-0.15, -0.1) is 0 Å². The summed E-state index contributed by atoms with van der Waals surface area (Å²) in [5, 5.41) is 30.4. The molecule has 0 aliphatic carbocycles. The molecule has 10 nitrogen and oxygen atoms in total. The normalized spacial score (nSPS) is 20.9. The maximum Gasteiger partial charge on any atom is 0.475 e. The monoisotopic (exact) mass is 562 g/mol. The van der Waals surface area contributed by atoms with E-state index in [-0.39, 0.29) is 18.9 Å². The number of carbonyl (C=O) groups is 2. The fraction of sp³-hybridized carbons (Fsp3) is 0.679. The van der Waals surface area contributed by atoms with Crippen molar-refractivity contribution >= 4 is 19.1 Å². The summed E-state index contributed by atoms with van der Waals surface area (Å²) in [6.07, 6.45) is 1.76. The van der Waals surface area contributed by atoms with Crippen LogP contribution in [0.3, 0.4) is 0 Å². The fourth-order valence-electron chi connectivity index (χ4n) is 4.75. The molecule has 2 fully saturated rings. The molecule has 3 N–H and O–H groups in total. The summed E-state index contributed by atoms with van der Waals surface area (Å²) in [6, 6.07) is 7.36. The third-order valence-electron chi connectivity index (χ3n) is 7.86. The van der Waals surface area contributed by atoms with Crippen molar-refractivity contribution in [3.8, 4) is 6.07 Å². The van der Waals surface area contributed by atoms with Gasteiger partial charge in [0.25, 0.3) is 0 Å². The smallest absolute Gasteiger partial charge is 0.447 e. The Kier molecular flexibility index (Phi) is 12.8. The molecule has 0 bridgehead atoms. The summed E-state index contributed by atoms with van der Waals surface area (Å²) in [4.78, 5) is 28.7. The minimum atomic E-state index is -1.84. The summed E-state index contributed by atoms with van der Waals surface area (Å²) in [6.45, 7) is 14.6. The van der Waals surface area contributed by atoms with Gasteiger partial charge in [0.1, 0.15) is 18.3 Å². The van der Waals surface area contributed by atoms with Crippen LogP contribution in [0.15, 0.2) is 24.3 Å². The van der Waals surface area contributed by atoms with Gasteiger partial charge in [-0.1, -0.05) is 19.1 Å². The standard InChI is InChI=1S/C19H25BFN3O5.C9H19NO/c1-13(11-22)17(25)24-9-3-8-19(24,2)12-29-18(26)23-16(20(27)28)10-14-4-6-15(21)7-5-14;1-4-9(2,3)10-5-7-11-8-6-10/h4-7,13,16,27-28H,3,8-10,12H2,1-2H3,(H,23,26);4-8H2,1-3H3/t13?,16-,19+;/m0./s1. The maximum absolute atomic E-state index is 13.0. The first-order valence-corrected chi connectivity index (χ1v) is 13.9. The predicted molar refractivity (Wildman–Crippen MR) is 149 cm³/mol. The Morgan fingerprint density at radius 3 is 2.42 bits per heavy atom. The van der Waals surface area contributed by atoms with E-state index in [2.05, 4.69) is 31.0 Å². The average molecular weight is 562 g/mol. The Hall–Kier alpha value is -2.72. The number of halogens is 1. The quantitative estimate of drug-likeness (QED) is 0.391. The largest absolute Gasteiger partial charge is 0.475 e. The molecule has 0 radical (unpaired) electrons. The number of ether oxygens (including phenoxy) is 2. The molecule has 1 aromatic rings. The van der Waals surface area contributed by atoms with Gasteiger partial charge in [0.15, 0.2) is 0 Å². The average Bonchev–Trinajstić information content (AvgIpc) is 3.34. The molecule has 3 rings (SSSR count). The summed E-state index contributed by atoms with van der Waals surface area (Å²) in [5.74, 6) is -2.57. The van der Waals surface area contributed by atoms with E-state index < -0.39 is 36.4 Å². The number of hydrogen-bond acceptors (Lipinski definition) is 8. The topological polar surface area (TPSA) is 135 Å². The third-order valence-corrected chi connectivity index (χ3v) is 7.86. The zero-order valence-electron chi connectivity index (χ0n) is 24.4. The number of amides is 2. The second-order valence-electron chi connectivity index (χ2n) is 11.3. The van der Waals surface area contributed by atoms with Gasteiger partial charge in [0.2, 0.25) is 5.91 Å². The zero-order valence-corrected chi connectivity index (χ0v) is 24.4. The molecular formula is C28H44BFN4O6. The fourth-order valence-corrected chi connectivity index (χ4v) is 4.75. The second-order valence-corrected chi connectivity index (χ2v) is 11.3. The predicted octanol–water partition coefficient (Wildman–Crippen LogP) is 2.52. The van der Waals surface area contributed by atoms with Crippen molar-refractivity contribution in [3.05, 3.63) is 35.6 Å². The Bertz CT molecular complexity index is 1000. The van der Waals surface area contributed by atoms with Crippen LogP contribution in [0.4, 0.5) is 9.18 Å². The highest BCUT2D eigenvalue weighted by Gasteiger charge is 2.42. The molecule has 40 heavy (non-hydrogen) atoms. The molecule has 0 saturated carbocycles. The summed E-state index contributed by atoms with van der Waals surface area (Å²) >= 11 is 0. The number of nitrogens with one attached hydrogen (secondary N) is 1. The van der Waals surface area contributed by atoms with Crippen molar-refractivity contribution in [1.29, 1.82) is 5.26 Å². The number of alkyl carbamates (subject to hydrolysis) is 1. The van der Waals surface area contributed by atoms with E-state index in [0.717, 1.165) is 32.7 Å². The number of carbonyl (C=O) groups excluding carboxylic acids is 2. The number of benzene rings is 1. The molecule has 222 valence electrons. The number of hydrogen-bond donors (Lipinski definition) is 3. The molecule has 1 unspecified atom stereocenters. The Balaban J connectivity index is 0.000000425. The highest BCUT2D eigenvalue weighted by molar-refractivity contribution is 6.43. The van der Waals surface area contributed by atoms with Crippen LogP contribution in [-0.4, -0.2) is 95.4 Å². The van der Waals surface area contributed by atoms with E-state index in [1.54, 1.807) is 11.8 Å². The number of rotatable bonds is 9. The lowest BCUT2D eigenvalue weighted by molar-refractivity contribution is -0.138.